The van der Waals surface area contributed by atoms with Crippen LogP contribution in [0.25, 0.3) is 0 Å². The highest BCUT2D eigenvalue weighted by molar-refractivity contribution is 5.23. The summed E-state index contributed by atoms with van der Waals surface area (Å²) in [7, 11) is 0. The third-order valence-corrected chi connectivity index (χ3v) is 2.56. The zero-order valence-corrected chi connectivity index (χ0v) is 9.05. The number of allylic oxidation sites excluding steroid dienone is 2. The first-order valence-corrected chi connectivity index (χ1v) is 5.29. The molecule has 0 aromatic heterocycles. The van der Waals surface area contributed by atoms with Crippen molar-refractivity contribution in [2.24, 2.45) is 5.73 Å². The standard InChI is InChI=1S/C12H19N3.CH4/c1-3-5-12(11(13)4-2)15-10-6-8-14-9-7-10;/h1,4,10,14-15H,2,5-9,13H2;1H4/b12-11-;. The van der Waals surface area contributed by atoms with Crippen molar-refractivity contribution in [2.75, 3.05) is 13.1 Å². The molecule has 0 atom stereocenters. The normalized spacial score (nSPS) is 17.7. The molecule has 0 bridgehead atoms. The molecule has 1 aliphatic heterocycles. The molecule has 90 valence electrons. The number of piperidine rings is 1. The van der Waals surface area contributed by atoms with Gasteiger partial charge in [0, 0.05) is 11.7 Å². The first-order valence-electron chi connectivity index (χ1n) is 5.29. The number of nitrogens with two attached hydrogens (primary N) is 1. The van der Waals surface area contributed by atoms with E-state index in [9.17, 15) is 0 Å². The summed E-state index contributed by atoms with van der Waals surface area (Å²) in [6, 6.07) is 0.480. The van der Waals surface area contributed by atoms with Crippen molar-refractivity contribution in [2.45, 2.75) is 32.7 Å². The molecule has 4 N–H and O–H groups in total. The van der Waals surface area contributed by atoms with E-state index in [0.29, 0.717) is 18.2 Å². The highest BCUT2D eigenvalue weighted by Crippen LogP contribution is 2.08. The van der Waals surface area contributed by atoms with E-state index in [-0.39, 0.29) is 7.43 Å². The van der Waals surface area contributed by atoms with Gasteiger partial charge in [0.25, 0.3) is 0 Å². The van der Waals surface area contributed by atoms with Gasteiger partial charge in [-0.25, -0.2) is 0 Å². The summed E-state index contributed by atoms with van der Waals surface area (Å²) < 4.78 is 0. The maximum Gasteiger partial charge on any atom is 0.0511 e. The fraction of sp³-hybridized carbons (Fsp3) is 0.538. The first kappa shape index (κ1) is 14.6. The Bertz CT molecular complexity index is 280. The van der Waals surface area contributed by atoms with Gasteiger partial charge in [-0.15, -0.1) is 12.3 Å². The second-order valence-electron chi connectivity index (χ2n) is 3.69. The van der Waals surface area contributed by atoms with Crippen molar-refractivity contribution >= 4 is 0 Å². The lowest BCUT2D eigenvalue weighted by Crippen LogP contribution is -2.40. The molecule has 3 heteroatoms. The molecule has 0 radical (unpaired) electrons. The Morgan fingerprint density at radius 1 is 1.56 bits per heavy atom. The van der Waals surface area contributed by atoms with Crippen LogP contribution in [0, 0.1) is 12.3 Å². The minimum absolute atomic E-state index is 0. The van der Waals surface area contributed by atoms with Gasteiger partial charge < -0.3 is 16.4 Å². The second-order valence-corrected chi connectivity index (χ2v) is 3.69. The van der Waals surface area contributed by atoms with E-state index in [1.807, 2.05) is 0 Å². The molecule has 1 heterocycles. The Morgan fingerprint density at radius 2 is 2.19 bits per heavy atom. The van der Waals surface area contributed by atoms with Gasteiger partial charge in [0.2, 0.25) is 0 Å². The Hall–Kier alpha value is -1.40. The van der Waals surface area contributed by atoms with Gasteiger partial charge in [-0.3, -0.25) is 0 Å². The fourth-order valence-corrected chi connectivity index (χ4v) is 1.67. The van der Waals surface area contributed by atoms with Crippen molar-refractivity contribution in [3.8, 4) is 12.3 Å². The molecule has 16 heavy (non-hydrogen) atoms. The molecule has 1 rings (SSSR count). The first-order chi connectivity index (χ1) is 7.27. The Balaban J connectivity index is 0.00000225. The average Bonchev–Trinajstić information content (AvgIpc) is 2.29. The summed E-state index contributed by atoms with van der Waals surface area (Å²) in [5, 5.41) is 6.72. The fourth-order valence-electron chi connectivity index (χ4n) is 1.67. The van der Waals surface area contributed by atoms with Crippen LogP contribution >= 0.6 is 0 Å². The highest BCUT2D eigenvalue weighted by Gasteiger charge is 2.13. The summed E-state index contributed by atoms with van der Waals surface area (Å²) >= 11 is 0. The van der Waals surface area contributed by atoms with Gasteiger partial charge in [-0.1, -0.05) is 14.0 Å². The van der Waals surface area contributed by atoms with Crippen LogP contribution in [0.3, 0.4) is 0 Å². The van der Waals surface area contributed by atoms with Crippen LogP contribution in [0.1, 0.15) is 26.7 Å². The topological polar surface area (TPSA) is 50.1 Å². The molecule has 0 spiro atoms. The summed E-state index contributed by atoms with van der Waals surface area (Å²) in [5.74, 6) is 2.61. The molecular formula is C13H23N3. The number of hydrogen-bond acceptors (Lipinski definition) is 3. The molecule has 3 nitrogen and oxygen atoms in total. The van der Waals surface area contributed by atoms with Crippen LogP contribution in [-0.4, -0.2) is 19.1 Å². The molecule has 0 aromatic carbocycles. The third kappa shape index (κ3) is 4.41. The van der Waals surface area contributed by atoms with E-state index in [2.05, 4.69) is 23.1 Å². The van der Waals surface area contributed by atoms with E-state index < -0.39 is 0 Å². The molecule has 1 aliphatic rings. The van der Waals surface area contributed by atoms with Gasteiger partial charge in [0.15, 0.2) is 0 Å². The second kappa shape index (κ2) is 7.84. The Kier molecular flexibility index (Phi) is 7.15. The van der Waals surface area contributed by atoms with Gasteiger partial charge in [-0.05, 0) is 32.0 Å². The predicted octanol–water partition coefficient (Wildman–Crippen LogP) is 1.34. The van der Waals surface area contributed by atoms with Crippen molar-refractivity contribution in [1.82, 2.24) is 10.6 Å². The van der Waals surface area contributed by atoms with Crippen LogP contribution in [0.5, 0.6) is 0 Å². The van der Waals surface area contributed by atoms with Gasteiger partial charge in [-0.2, -0.15) is 0 Å². The van der Waals surface area contributed by atoms with Crippen molar-refractivity contribution < 1.29 is 0 Å². The quantitative estimate of drug-likeness (QED) is 0.496. The molecule has 0 aromatic rings. The summed E-state index contributed by atoms with van der Waals surface area (Å²) in [6.07, 6.45) is 9.70. The van der Waals surface area contributed by atoms with E-state index in [4.69, 9.17) is 12.2 Å². The Labute approximate surface area is 99.2 Å². The summed E-state index contributed by atoms with van der Waals surface area (Å²) in [5.41, 5.74) is 7.40. The van der Waals surface area contributed by atoms with Crippen molar-refractivity contribution in [3.63, 3.8) is 0 Å². The molecule has 1 fully saturated rings. The van der Waals surface area contributed by atoms with Crippen LogP contribution in [0.4, 0.5) is 0 Å². The van der Waals surface area contributed by atoms with E-state index >= 15 is 0 Å². The molecule has 0 saturated carbocycles. The summed E-state index contributed by atoms with van der Waals surface area (Å²) in [6.45, 7) is 5.75. The van der Waals surface area contributed by atoms with E-state index in [0.717, 1.165) is 31.6 Å². The van der Waals surface area contributed by atoms with Crippen LogP contribution < -0.4 is 16.4 Å². The smallest absolute Gasteiger partial charge is 0.0511 e. The maximum atomic E-state index is 5.81. The SMILES string of the molecule is C.C#CC/C(NC1CCNCC1)=C(/N)C=C. The monoisotopic (exact) mass is 221 g/mol. The number of hydrogen-bond donors (Lipinski definition) is 3. The lowest BCUT2D eigenvalue weighted by atomic mass is 10.1. The Morgan fingerprint density at radius 3 is 2.69 bits per heavy atom. The minimum atomic E-state index is 0. The van der Waals surface area contributed by atoms with Gasteiger partial charge in [0.05, 0.1) is 12.1 Å². The maximum absolute atomic E-state index is 5.81. The molecule has 0 aliphatic carbocycles. The number of rotatable bonds is 4. The zero-order chi connectivity index (χ0) is 11.1. The highest BCUT2D eigenvalue weighted by atomic mass is 15.0. The largest absolute Gasteiger partial charge is 0.397 e. The number of terminal acetylenes is 1. The van der Waals surface area contributed by atoms with Gasteiger partial charge >= 0.3 is 0 Å². The number of nitrogens with one attached hydrogen (secondary N) is 2. The molecular weight excluding hydrogens is 198 g/mol. The van der Waals surface area contributed by atoms with E-state index in [1.54, 1.807) is 6.08 Å². The van der Waals surface area contributed by atoms with Crippen LogP contribution in [0.15, 0.2) is 24.0 Å². The molecule has 1 saturated heterocycles. The van der Waals surface area contributed by atoms with Crippen LogP contribution in [-0.2, 0) is 0 Å². The predicted molar refractivity (Wildman–Crippen MR) is 70.6 cm³/mol. The van der Waals surface area contributed by atoms with Crippen molar-refractivity contribution in [3.05, 3.63) is 24.0 Å². The zero-order valence-electron chi connectivity index (χ0n) is 9.05. The average molecular weight is 221 g/mol. The lowest BCUT2D eigenvalue weighted by Gasteiger charge is -2.26. The van der Waals surface area contributed by atoms with Crippen LogP contribution in [0.2, 0.25) is 0 Å². The van der Waals surface area contributed by atoms with Crippen molar-refractivity contribution in [1.29, 1.82) is 0 Å². The van der Waals surface area contributed by atoms with Gasteiger partial charge in [0.1, 0.15) is 0 Å². The summed E-state index contributed by atoms with van der Waals surface area (Å²) in [4.78, 5) is 0. The molecule has 0 amide bonds. The molecule has 0 unspecified atom stereocenters. The third-order valence-electron chi connectivity index (χ3n) is 2.56. The minimum Gasteiger partial charge on any atom is -0.397 e. The lowest BCUT2D eigenvalue weighted by molar-refractivity contribution is 0.409. The van der Waals surface area contributed by atoms with E-state index in [1.165, 1.54) is 0 Å².